The number of halogens is 4. The Morgan fingerprint density at radius 1 is 1.42 bits per heavy atom. The van der Waals surface area contributed by atoms with E-state index in [1.54, 1.807) is 26.0 Å². The maximum Gasteiger partial charge on any atom is 0.406 e. The van der Waals surface area contributed by atoms with E-state index in [9.17, 15) is 18.0 Å². The zero-order valence-corrected chi connectivity index (χ0v) is 12.8. The van der Waals surface area contributed by atoms with Gasteiger partial charge in [-0.1, -0.05) is 15.9 Å². The highest BCUT2D eigenvalue weighted by molar-refractivity contribution is 9.10. The third-order valence-corrected chi connectivity index (χ3v) is 3.29. The van der Waals surface area contributed by atoms with Gasteiger partial charge < -0.3 is 4.90 Å². The first-order valence-electron chi connectivity index (χ1n) is 5.48. The summed E-state index contributed by atoms with van der Waals surface area (Å²) in [6, 6.07) is 4.08. The van der Waals surface area contributed by atoms with E-state index in [0.717, 1.165) is 4.90 Å². The van der Waals surface area contributed by atoms with Crippen LogP contribution in [0.3, 0.4) is 0 Å². The fourth-order valence-electron chi connectivity index (χ4n) is 1.52. The number of carbonyl (C=O) groups excluding carboxylic acids is 1. The molecule has 0 bridgehead atoms. The average Bonchev–Trinajstić information content (AvgIpc) is 2.23. The van der Waals surface area contributed by atoms with Crippen LogP contribution < -0.4 is 0 Å². The van der Waals surface area contributed by atoms with E-state index in [2.05, 4.69) is 28.6 Å². The van der Waals surface area contributed by atoms with Crippen molar-refractivity contribution >= 4 is 34.5 Å². The lowest BCUT2D eigenvalue weighted by molar-refractivity contribution is -0.143. The van der Waals surface area contributed by atoms with Crippen molar-refractivity contribution in [1.29, 1.82) is 0 Å². The summed E-state index contributed by atoms with van der Waals surface area (Å²) >= 11 is 7.33. The zero-order chi connectivity index (χ0) is 14.8. The molecule has 1 rings (SSSR count). The van der Waals surface area contributed by atoms with Gasteiger partial charge in [0.05, 0.1) is 5.56 Å². The second-order valence-corrected chi connectivity index (χ2v) is 5.70. The van der Waals surface area contributed by atoms with Crippen molar-refractivity contribution in [2.24, 2.45) is 0 Å². The van der Waals surface area contributed by atoms with E-state index in [1.165, 1.54) is 6.07 Å². The van der Waals surface area contributed by atoms with Gasteiger partial charge in [-0.05, 0) is 32.0 Å². The number of benzene rings is 1. The third-order valence-electron chi connectivity index (χ3n) is 2.42. The maximum atomic E-state index is 12.5. The Morgan fingerprint density at radius 3 is 2.42 bits per heavy atom. The van der Waals surface area contributed by atoms with Crippen molar-refractivity contribution in [3.8, 4) is 0 Å². The van der Waals surface area contributed by atoms with Gasteiger partial charge in [0.15, 0.2) is 0 Å². The van der Waals surface area contributed by atoms with Crippen molar-refractivity contribution < 1.29 is 18.0 Å². The van der Waals surface area contributed by atoms with Crippen LogP contribution in [0.2, 0.25) is 0 Å². The molecule has 0 radical (unpaired) electrons. The van der Waals surface area contributed by atoms with Gasteiger partial charge in [0, 0.05) is 15.4 Å². The predicted octanol–water partition coefficient (Wildman–Crippen LogP) is 4.15. The lowest BCUT2D eigenvalue weighted by Gasteiger charge is -2.28. The van der Waals surface area contributed by atoms with Crippen LogP contribution in [0, 0.1) is 0 Å². The lowest BCUT2D eigenvalue weighted by Crippen LogP contribution is -2.43. The average molecular weight is 356 g/mol. The molecule has 0 saturated carbocycles. The minimum Gasteiger partial charge on any atom is -0.327 e. The monoisotopic (exact) mass is 355 g/mol. The molecule has 0 unspecified atom stereocenters. The van der Waals surface area contributed by atoms with Crippen LogP contribution in [-0.4, -0.2) is 29.6 Å². The summed E-state index contributed by atoms with van der Waals surface area (Å²) < 4.78 is 38.2. The Labute approximate surface area is 123 Å². The number of rotatable bonds is 3. The van der Waals surface area contributed by atoms with Crippen LogP contribution >= 0.6 is 28.6 Å². The van der Waals surface area contributed by atoms with Crippen LogP contribution in [0.1, 0.15) is 24.2 Å². The highest BCUT2D eigenvalue weighted by Crippen LogP contribution is 2.24. The molecule has 0 aromatic heterocycles. The number of alkyl halides is 3. The quantitative estimate of drug-likeness (QED) is 0.807. The first kappa shape index (κ1) is 16.4. The highest BCUT2D eigenvalue weighted by atomic mass is 79.9. The molecule has 0 N–H and O–H groups in total. The summed E-state index contributed by atoms with van der Waals surface area (Å²) in [7, 11) is 0. The molecule has 7 heteroatoms. The number of hydrogen-bond donors (Lipinski definition) is 1. The summed E-state index contributed by atoms with van der Waals surface area (Å²) in [5.41, 5.74) is 0.157. The maximum absolute atomic E-state index is 12.5. The molecule has 0 aliphatic rings. The second-order valence-electron chi connectivity index (χ2n) is 4.30. The van der Waals surface area contributed by atoms with Crippen LogP contribution in [0.25, 0.3) is 0 Å². The van der Waals surface area contributed by atoms with Gasteiger partial charge in [-0.2, -0.15) is 13.2 Å². The van der Waals surface area contributed by atoms with Gasteiger partial charge in [-0.3, -0.25) is 4.79 Å². The van der Waals surface area contributed by atoms with E-state index in [4.69, 9.17) is 0 Å². The SMILES string of the molecule is CC(C)N(CC(F)(F)F)C(=O)c1ccc(Br)cc1S. The standard InChI is InChI=1S/C12H13BrF3NOS/c1-7(2)17(6-12(14,15)16)11(18)9-4-3-8(13)5-10(9)19/h3-5,7,19H,6H2,1-2H3. The van der Waals surface area contributed by atoms with Crippen molar-refractivity contribution in [3.63, 3.8) is 0 Å². The summed E-state index contributed by atoms with van der Waals surface area (Å²) in [4.78, 5) is 13.3. The third kappa shape index (κ3) is 4.72. The van der Waals surface area contributed by atoms with E-state index >= 15 is 0 Å². The number of thiol groups is 1. The second kappa shape index (κ2) is 6.17. The number of carbonyl (C=O) groups is 1. The molecule has 0 atom stereocenters. The van der Waals surface area contributed by atoms with Gasteiger partial charge in [0.1, 0.15) is 6.54 Å². The van der Waals surface area contributed by atoms with Crippen molar-refractivity contribution in [1.82, 2.24) is 4.90 Å². The molecule has 106 valence electrons. The van der Waals surface area contributed by atoms with Gasteiger partial charge >= 0.3 is 6.18 Å². The minimum atomic E-state index is -4.42. The summed E-state index contributed by atoms with van der Waals surface area (Å²) in [5, 5.41) is 0. The van der Waals surface area contributed by atoms with E-state index in [0.29, 0.717) is 9.37 Å². The van der Waals surface area contributed by atoms with E-state index in [-0.39, 0.29) is 5.56 Å². The molecule has 2 nitrogen and oxygen atoms in total. The van der Waals surface area contributed by atoms with Crippen LogP contribution in [-0.2, 0) is 0 Å². The molecule has 0 fully saturated rings. The topological polar surface area (TPSA) is 20.3 Å². The lowest BCUT2D eigenvalue weighted by atomic mass is 10.1. The van der Waals surface area contributed by atoms with Gasteiger partial charge in [-0.15, -0.1) is 12.6 Å². The fourth-order valence-corrected chi connectivity index (χ4v) is 2.37. The Bertz CT molecular complexity index is 477. The summed E-state index contributed by atoms with van der Waals surface area (Å²) in [6.07, 6.45) is -4.42. The van der Waals surface area contributed by atoms with Crippen molar-refractivity contribution in [2.75, 3.05) is 6.54 Å². The summed E-state index contributed by atoms with van der Waals surface area (Å²) in [6.45, 7) is 1.81. The van der Waals surface area contributed by atoms with Crippen LogP contribution in [0.4, 0.5) is 13.2 Å². The first-order chi connectivity index (χ1) is 8.61. The smallest absolute Gasteiger partial charge is 0.327 e. The molecule has 1 aromatic rings. The normalized spacial score (nSPS) is 11.8. The summed E-state index contributed by atoms with van der Waals surface area (Å²) in [5.74, 6) is -0.676. The number of hydrogen-bond acceptors (Lipinski definition) is 2. The first-order valence-corrected chi connectivity index (χ1v) is 6.72. The van der Waals surface area contributed by atoms with Crippen LogP contribution in [0.5, 0.6) is 0 Å². The molecular weight excluding hydrogens is 343 g/mol. The van der Waals surface area contributed by atoms with Crippen molar-refractivity contribution in [2.45, 2.75) is 31.0 Å². The number of amides is 1. The Kier molecular flexibility index (Phi) is 5.32. The molecule has 0 spiro atoms. The molecule has 19 heavy (non-hydrogen) atoms. The molecular formula is C12H13BrF3NOS. The Balaban J connectivity index is 3.06. The number of nitrogens with zero attached hydrogens (tertiary/aromatic N) is 1. The molecule has 0 aliphatic carbocycles. The minimum absolute atomic E-state index is 0.157. The van der Waals surface area contributed by atoms with E-state index < -0.39 is 24.7 Å². The predicted molar refractivity (Wildman–Crippen MR) is 73.6 cm³/mol. The van der Waals surface area contributed by atoms with E-state index in [1.807, 2.05) is 0 Å². The zero-order valence-electron chi connectivity index (χ0n) is 10.3. The fraction of sp³-hybridized carbons (Fsp3) is 0.417. The van der Waals surface area contributed by atoms with Gasteiger partial charge in [0.2, 0.25) is 0 Å². The highest BCUT2D eigenvalue weighted by Gasteiger charge is 2.34. The molecule has 1 amide bonds. The van der Waals surface area contributed by atoms with Gasteiger partial charge in [-0.25, -0.2) is 0 Å². The molecule has 0 saturated heterocycles. The Morgan fingerprint density at radius 2 is 2.00 bits per heavy atom. The molecule has 0 aliphatic heterocycles. The largest absolute Gasteiger partial charge is 0.406 e. The van der Waals surface area contributed by atoms with Gasteiger partial charge in [0.25, 0.3) is 5.91 Å². The molecule has 0 heterocycles. The van der Waals surface area contributed by atoms with Crippen molar-refractivity contribution in [3.05, 3.63) is 28.2 Å². The molecule has 1 aromatic carbocycles. The Hall–Kier alpha value is -0.690. The van der Waals surface area contributed by atoms with Crippen LogP contribution in [0.15, 0.2) is 27.6 Å².